The highest BCUT2D eigenvalue weighted by Gasteiger charge is 2.16. The Labute approximate surface area is 129 Å². The third kappa shape index (κ3) is 4.51. The number of fused-ring (bicyclic) bond motifs is 1. The number of amides is 2. The Hall–Kier alpha value is -2.50. The lowest BCUT2D eigenvalue weighted by atomic mass is 10.1. The van der Waals surface area contributed by atoms with Gasteiger partial charge in [-0.05, 0) is 38.5 Å². The summed E-state index contributed by atoms with van der Waals surface area (Å²) in [7, 11) is 0. The van der Waals surface area contributed by atoms with Crippen LogP contribution in [0.3, 0.4) is 0 Å². The first-order valence-corrected chi connectivity index (χ1v) is 7.14. The van der Waals surface area contributed by atoms with Crippen molar-refractivity contribution in [3.8, 4) is 0 Å². The highest BCUT2D eigenvalue weighted by atomic mass is 16.6. The molecule has 0 radical (unpaired) electrons. The van der Waals surface area contributed by atoms with E-state index in [0.29, 0.717) is 6.54 Å². The van der Waals surface area contributed by atoms with Crippen molar-refractivity contribution in [3.05, 3.63) is 36.0 Å². The average Bonchev–Trinajstić information content (AvgIpc) is 2.89. The van der Waals surface area contributed by atoms with Crippen LogP contribution in [-0.2, 0) is 16.1 Å². The van der Waals surface area contributed by atoms with Gasteiger partial charge in [-0.15, -0.1) is 0 Å². The summed E-state index contributed by atoms with van der Waals surface area (Å²) in [6.07, 6.45) is 1.26. The Balaban J connectivity index is 1.81. The number of aromatic nitrogens is 1. The highest BCUT2D eigenvalue weighted by molar-refractivity contribution is 5.85. The van der Waals surface area contributed by atoms with E-state index in [0.717, 1.165) is 16.5 Å². The number of benzene rings is 1. The van der Waals surface area contributed by atoms with E-state index in [1.807, 2.05) is 30.5 Å². The molecule has 2 amide bonds. The van der Waals surface area contributed by atoms with Crippen molar-refractivity contribution in [2.75, 3.05) is 6.54 Å². The SMILES string of the molecule is CC(C)(C)OC(=O)NCC(=O)NCc1cccc2[nH]ccc12. The summed E-state index contributed by atoms with van der Waals surface area (Å²) in [5, 5.41) is 6.28. The number of carbonyl (C=O) groups excluding carboxylic acids is 2. The number of H-pyrrole nitrogens is 1. The summed E-state index contributed by atoms with van der Waals surface area (Å²) in [4.78, 5) is 26.4. The van der Waals surface area contributed by atoms with Crippen LogP contribution in [0.2, 0.25) is 0 Å². The molecule has 6 heteroatoms. The predicted molar refractivity (Wildman–Crippen MR) is 84.4 cm³/mol. The smallest absolute Gasteiger partial charge is 0.408 e. The van der Waals surface area contributed by atoms with Crippen LogP contribution in [0, 0.1) is 0 Å². The topological polar surface area (TPSA) is 83.2 Å². The van der Waals surface area contributed by atoms with Crippen molar-refractivity contribution in [1.82, 2.24) is 15.6 Å². The quantitative estimate of drug-likeness (QED) is 0.810. The van der Waals surface area contributed by atoms with Crippen LogP contribution in [0.5, 0.6) is 0 Å². The van der Waals surface area contributed by atoms with Crippen LogP contribution in [-0.4, -0.2) is 29.1 Å². The van der Waals surface area contributed by atoms with E-state index in [9.17, 15) is 9.59 Å². The minimum Gasteiger partial charge on any atom is -0.444 e. The molecule has 118 valence electrons. The first kappa shape index (κ1) is 15.9. The van der Waals surface area contributed by atoms with Gasteiger partial charge in [0.1, 0.15) is 12.1 Å². The number of hydrogen-bond donors (Lipinski definition) is 3. The molecule has 0 saturated heterocycles. The van der Waals surface area contributed by atoms with E-state index < -0.39 is 11.7 Å². The molecular weight excluding hydrogens is 282 g/mol. The van der Waals surface area contributed by atoms with Crippen LogP contribution in [0.15, 0.2) is 30.5 Å². The van der Waals surface area contributed by atoms with Gasteiger partial charge in [0.05, 0.1) is 0 Å². The fraction of sp³-hybridized carbons (Fsp3) is 0.375. The molecular formula is C16H21N3O3. The number of hydrogen-bond acceptors (Lipinski definition) is 3. The maximum Gasteiger partial charge on any atom is 0.408 e. The van der Waals surface area contributed by atoms with E-state index in [1.165, 1.54) is 0 Å². The van der Waals surface area contributed by atoms with Gasteiger partial charge in [-0.1, -0.05) is 12.1 Å². The highest BCUT2D eigenvalue weighted by Crippen LogP contribution is 2.16. The third-order valence-electron chi connectivity index (χ3n) is 2.95. The minimum atomic E-state index is -0.601. The molecule has 0 aliphatic heterocycles. The van der Waals surface area contributed by atoms with Crippen molar-refractivity contribution in [2.24, 2.45) is 0 Å². The maximum atomic E-state index is 11.8. The Bertz CT molecular complexity index is 671. The van der Waals surface area contributed by atoms with Gasteiger partial charge in [-0.3, -0.25) is 4.79 Å². The van der Waals surface area contributed by atoms with Gasteiger partial charge in [0.25, 0.3) is 0 Å². The molecule has 0 aliphatic carbocycles. The molecule has 0 atom stereocenters. The Kier molecular flexibility index (Phi) is 4.70. The standard InChI is InChI=1S/C16H21N3O3/c1-16(2,3)22-15(21)19-10-14(20)18-9-11-5-4-6-13-12(11)7-8-17-13/h4-8,17H,9-10H2,1-3H3,(H,18,20)(H,19,21). The lowest BCUT2D eigenvalue weighted by Gasteiger charge is -2.19. The summed E-state index contributed by atoms with van der Waals surface area (Å²) in [5.74, 6) is -0.265. The molecule has 1 aromatic carbocycles. The predicted octanol–water partition coefficient (Wildman–Crippen LogP) is 2.31. The molecule has 0 aliphatic rings. The molecule has 6 nitrogen and oxygen atoms in total. The molecule has 2 aromatic rings. The first-order chi connectivity index (χ1) is 10.3. The number of rotatable bonds is 4. The van der Waals surface area contributed by atoms with Gasteiger partial charge in [0, 0.05) is 23.6 Å². The molecule has 1 aromatic heterocycles. The summed E-state index contributed by atoms with van der Waals surface area (Å²) < 4.78 is 5.06. The summed E-state index contributed by atoms with van der Waals surface area (Å²) in [5.41, 5.74) is 1.47. The molecule has 0 spiro atoms. The van der Waals surface area contributed by atoms with E-state index in [2.05, 4.69) is 15.6 Å². The van der Waals surface area contributed by atoms with Gasteiger partial charge in [-0.25, -0.2) is 4.79 Å². The van der Waals surface area contributed by atoms with Gasteiger partial charge in [0.15, 0.2) is 0 Å². The summed E-state index contributed by atoms with van der Waals surface area (Å²) in [6.45, 7) is 5.60. The van der Waals surface area contributed by atoms with Gasteiger partial charge >= 0.3 is 6.09 Å². The zero-order chi connectivity index (χ0) is 16.2. The molecule has 0 bridgehead atoms. The number of nitrogens with one attached hydrogen (secondary N) is 3. The Morgan fingerprint density at radius 3 is 2.68 bits per heavy atom. The van der Waals surface area contributed by atoms with Crippen molar-refractivity contribution in [2.45, 2.75) is 32.9 Å². The van der Waals surface area contributed by atoms with E-state index in [1.54, 1.807) is 20.8 Å². The van der Waals surface area contributed by atoms with Crippen LogP contribution in [0.25, 0.3) is 10.9 Å². The maximum absolute atomic E-state index is 11.8. The zero-order valence-corrected chi connectivity index (χ0v) is 13.0. The monoisotopic (exact) mass is 303 g/mol. The van der Waals surface area contributed by atoms with E-state index in [4.69, 9.17) is 4.74 Å². The summed E-state index contributed by atoms with van der Waals surface area (Å²) in [6, 6.07) is 7.83. The summed E-state index contributed by atoms with van der Waals surface area (Å²) >= 11 is 0. The second kappa shape index (κ2) is 6.51. The van der Waals surface area contributed by atoms with Gasteiger partial charge < -0.3 is 20.4 Å². The first-order valence-electron chi connectivity index (χ1n) is 7.14. The van der Waals surface area contributed by atoms with E-state index >= 15 is 0 Å². The zero-order valence-electron chi connectivity index (χ0n) is 13.0. The van der Waals surface area contributed by atoms with Gasteiger partial charge in [-0.2, -0.15) is 0 Å². The largest absolute Gasteiger partial charge is 0.444 e. The van der Waals surface area contributed by atoms with Crippen molar-refractivity contribution >= 4 is 22.9 Å². The van der Waals surface area contributed by atoms with Crippen molar-refractivity contribution < 1.29 is 14.3 Å². The van der Waals surface area contributed by atoms with Crippen molar-refractivity contribution in [3.63, 3.8) is 0 Å². The fourth-order valence-electron chi connectivity index (χ4n) is 2.03. The second-order valence-corrected chi connectivity index (χ2v) is 5.99. The number of aromatic amines is 1. The molecule has 0 saturated carbocycles. The Morgan fingerprint density at radius 2 is 1.95 bits per heavy atom. The molecule has 0 unspecified atom stereocenters. The average molecular weight is 303 g/mol. The lowest BCUT2D eigenvalue weighted by molar-refractivity contribution is -0.120. The van der Waals surface area contributed by atoms with Crippen LogP contribution < -0.4 is 10.6 Å². The third-order valence-corrected chi connectivity index (χ3v) is 2.95. The van der Waals surface area contributed by atoms with Crippen LogP contribution >= 0.6 is 0 Å². The second-order valence-electron chi connectivity index (χ2n) is 5.99. The molecule has 1 heterocycles. The molecule has 22 heavy (non-hydrogen) atoms. The van der Waals surface area contributed by atoms with Gasteiger partial charge in [0.2, 0.25) is 5.91 Å². The molecule has 3 N–H and O–H groups in total. The minimum absolute atomic E-state index is 0.113. The number of carbonyl (C=O) groups is 2. The van der Waals surface area contributed by atoms with E-state index in [-0.39, 0.29) is 12.5 Å². The lowest BCUT2D eigenvalue weighted by Crippen LogP contribution is -2.39. The van der Waals surface area contributed by atoms with Crippen molar-refractivity contribution in [1.29, 1.82) is 0 Å². The normalized spacial score (nSPS) is 11.2. The number of alkyl carbamates (subject to hydrolysis) is 1. The fourth-order valence-corrected chi connectivity index (χ4v) is 2.03. The van der Waals surface area contributed by atoms with Crippen LogP contribution in [0.1, 0.15) is 26.3 Å². The molecule has 0 fully saturated rings. The number of ether oxygens (including phenoxy) is 1. The molecule has 2 rings (SSSR count). The Morgan fingerprint density at radius 1 is 1.18 bits per heavy atom. The van der Waals surface area contributed by atoms with Crippen LogP contribution in [0.4, 0.5) is 4.79 Å².